The summed E-state index contributed by atoms with van der Waals surface area (Å²) in [7, 11) is 1.74. The minimum Gasteiger partial charge on any atom is -0.480 e. The molecule has 1 aliphatic rings. The quantitative estimate of drug-likeness (QED) is 0.316. The topological polar surface area (TPSA) is 123 Å². The number of nitrogen functional groups attached to an aromatic ring is 1. The van der Waals surface area contributed by atoms with Crippen LogP contribution >= 0.6 is 0 Å². The van der Waals surface area contributed by atoms with Crippen LogP contribution in [-0.2, 0) is 21.5 Å². The van der Waals surface area contributed by atoms with Crippen molar-refractivity contribution in [2.24, 2.45) is 5.73 Å². The lowest BCUT2D eigenvalue weighted by Gasteiger charge is -2.36. The van der Waals surface area contributed by atoms with Crippen molar-refractivity contribution in [1.82, 2.24) is 9.80 Å². The average molecular weight is 466 g/mol. The molecule has 0 aliphatic carbocycles. The van der Waals surface area contributed by atoms with E-state index in [1.807, 2.05) is 55.1 Å². The molecule has 1 atom stereocenters. The Labute approximate surface area is 201 Å². The van der Waals surface area contributed by atoms with Crippen molar-refractivity contribution in [1.29, 1.82) is 5.41 Å². The lowest BCUT2D eigenvalue weighted by atomic mass is 9.79. The van der Waals surface area contributed by atoms with E-state index in [4.69, 9.17) is 11.1 Å². The molecule has 0 bridgehead atoms. The zero-order valence-corrected chi connectivity index (χ0v) is 20.2. The van der Waals surface area contributed by atoms with E-state index in [0.29, 0.717) is 18.7 Å². The van der Waals surface area contributed by atoms with E-state index in [1.54, 1.807) is 11.9 Å². The number of anilines is 1. The Morgan fingerprint density at radius 1 is 1.18 bits per heavy atom. The number of rotatable bonds is 10. The molecule has 1 aliphatic heterocycles. The maximum absolute atomic E-state index is 13.6. The van der Waals surface area contributed by atoms with Crippen LogP contribution in [0.25, 0.3) is 0 Å². The van der Waals surface area contributed by atoms with Crippen LogP contribution in [0, 0.1) is 12.3 Å². The van der Waals surface area contributed by atoms with Crippen LogP contribution in [0.15, 0.2) is 42.5 Å². The van der Waals surface area contributed by atoms with E-state index in [-0.39, 0.29) is 18.3 Å². The lowest BCUT2D eigenvalue weighted by Crippen LogP contribution is -2.50. The minimum atomic E-state index is -0.910. The number of carboxylic acid groups (broad SMARTS) is 1. The van der Waals surface area contributed by atoms with Gasteiger partial charge < -0.3 is 21.1 Å². The third-order valence-electron chi connectivity index (χ3n) is 6.52. The predicted molar refractivity (Wildman–Crippen MR) is 134 cm³/mol. The average Bonchev–Trinajstić information content (AvgIpc) is 3.32. The number of nitrogens with one attached hydrogen (secondary N) is 2. The highest BCUT2D eigenvalue weighted by molar-refractivity contribution is 5.95. The van der Waals surface area contributed by atoms with Crippen LogP contribution in [0.5, 0.6) is 0 Å². The largest absolute Gasteiger partial charge is 0.480 e. The summed E-state index contributed by atoms with van der Waals surface area (Å²) in [6.45, 7) is 6.28. The molecule has 1 saturated heterocycles. The smallest absolute Gasteiger partial charge is 0.317 e. The van der Waals surface area contributed by atoms with E-state index in [1.165, 1.54) is 0 Å². The van der Waals surface area contributed by atoms with Crippen molar-refractivity contribution in [2.45, 2.75) is 38.6 Å². The summed E-state index contributed by atoms with van der Waals surface area (Å²) >= 11 is 0. The second kappa shape index (κ2) is 10.7. The van der Waals surface area contributed by atoms with E-state index in [9.17, 15) is 14.7 Å². The molecule has 0 aromatic heterocycles. The Morgan fingerprint density at radius 2 is 1.82 bits per heavy atom. The number of carbonyl (C=O) groups excluding carboxylic acids is 1. The molecule has 8 heteroatoms. The number of aryl methyl sites for hydroxylation is 1. The molecule has 182 valence electrons. The Kier molecular flexibility index (Phi) is 7.94. The number of hydrogen-bond donors (Lipinski definition) is 4. The van der Waals surface area contributed by atoms with Crippen molar-refractivity contribution < 1.29 is 14.7 Å². The molecule has 0 saturated carbocycles. The van der Waals surface area contributed by atoms with Crippen molar-refractivity contribution >= 4 is 23.4 Å². The van der Waals surface area contributed by atoms with Crippen LogP contribution in [-0.4, -0.2) is 65.8 Å². The zero-order valence-electron chi connectivity index (χ0n) is 20.2. The van der Waals surface area contributed by atoms with Gasteiger partial charge in [-0.3, -0.25) is 19.9 Å². The fraction of sp³-hybridized carbons (Fsp3) is 0.423. The van der Waals surface area contributed by atoms with E-state index < -0.39 is 11.4 Å². The number of amidine groups is 1. The number of benzene rings is 2. The molecule has 1 fully saturated rings. The van der Waals surface area contributed by atoms with Crippen molar-refractivity contribution in [3.8, 4) is 0 Å². The number of likely N-dealkylation sites (N-methyl/N-ethyl adjacent to an activating group) is 1. The fourth-order valence-electron chi connectivity index (χ4n) is 4.58. The van der Waals surface area contributed by atoms with Gasteiger partial charge >= 0.3 is 5.97 Å². The number of amides is 1. The van der Waals surface area contributed by atoms with Gasteiger partial charge in [0, 0.05) is 37.4 Å². The van der Waals surface area contributed by atoms with Crippen LogP contribution in [0.1, 0.15) is 42.0 Å². The molecular weight excluding hydrogens is 430 g/mol. The Bertz CT molecular complexity index is 1050. The summed E-state index contributed by atoms with van der Waals surface area (Å²) in [6, 6.07) is 13.5. The maximum atomic E-state index is 13.6. The molecule has 34 heavy (non-hydrogen) atoms. The van der Waals surface area contributed by atoms with Gasteiger partial charge in [0.1, 0.15) is 5.84 Å². The van der Waals surface area contributed by atoms with Gasteiger partial charge in [0.05, 0.1) is 12.0 Å². The highest BCUT2D eigenvalue weighted by Gasteiger charge is 2.40. The second-order valence-corrected chi connectivity index (χ2v) is 9.38. The van der Waals surface area contributed by atoms with Crippen molar-refractivity contribution in [3.63, 3.8) is 0 Å². The molecular formula is C26H35N5O3. The first kappa shape index (κ1) is 25.2. The highest BCUT2D eigenvalue weighted by Crippen LogP contribution is 2.31. The third-order valence-corrected chi connectivity index (χ3v) is 6.52. The van der Waals surface area contributed by atoms with Crippen LogP contribution < -0.4 is 11.1 Å². The standard InChI is InChI=1S/C26H35N5O3/c1-18-14-21(9-6-20(18)15-29-22-10-7-19(8-11-22)24(27)28)26(2,17-30(3)16-23(32)33)25(34)31-12-4-5-13-31/h6-11,14,29H,4-5,12-13,15-17H2,1-3H3,(H3,27,28)(H,32,33). The van der Waals surface area contributed by atoms with Gasteiger partial charge in [-0.15, -0.1) is 0 Å². The number of likely N-dealkylation sites (tertiary alicyclic amines) is 1. The van der Waals surface area contributed by atoms with Crippen LogP contribution in [0.3, 0.4) is 0 Å². The summed E-state index contributed by atoms with van der Waals surface area (Å²) < 4.78 is 0. The molecule has 5 N–H and O–H groups in total. The van der Waals surface area contributed by atoms with Gasteiger partial charge in [0.2, 0.25) is 5.91 Å². The zero-order chi connectivity index (χ0) is 24.9. The van der Waals surface area contributed by atoms with Gasteiger partial charge in [0.25, 0.3) is 0 Å². The molecule has 8 nitrogen and oxygen atoms in total. The number of carbonyl (C=O) groups is 2. The molecule has 1 amide bonds. The maximum Gasteiger partial charge on any atom is 0.317 e. The molecule has 1 heterocycles. The molecule has 2 aromatic carbocycles. The Hall–Kier alpha value is -3.39. The number of nitrogens with zero attached hydrogens (tertiary/aromatic N) is 2. The molecule has 0 radical (unpaired) electrons. The normalized spacial score (nSPS) is 15.2. The first-order chi connectivity index (χ1) is 16.1. The lowest BCUT2D eigenvalue weighted by molar-refractivity contribution is -0.140. The van der Waals surface area contributed by atoms with Crippen LogP contribution in [0.4, 0.5) is 5.69 Å². The minimum absolute atomic E-state index is 0.0403. The summed E-state index contributed by atoms with van der Waals surface area (Å²) in [4.78, 5) is 28.4. The molecule has 3 rings (SSSR count). The Balaban J connectivity index is 1.80. The number of aliphatic carboxylic acids is 1. The monoisotopic (exact) mass is 465 g/mol. The first-order valence-electron chi connectivity index (χ1n) is 11.6. The molecule has 2 aromatic rings. The van der Waals surface area contributed by atoms with Crippen molar-refractivity contribution in [2.75, 3.05) is 38.5 Å². The van der Waals surface area contributed by atoms with Crippen LogP contribution in [0.2, 0.25) is 0 Å². The van der Waals surface area contributed by atoms with Gasteiger partial charge in [-0.05, 0) is 74.7 Å². The Morgan fingerprint density at radius 3 is 2.38 bits per heavy atom. The van der Waals surface area contributed by atoms with Crippen molar-refractivity contribution in [3.05, 3.63) is 64.7 Å². The number of nitrogens with two attached hydrogens (primary N) is 1. The van der Waals surface area contributed by atoms with Gasteiger partial charge in [0.15, 0.2) is 0 Å². The van der Waals surface area contributed by atoms with Gasteiger partial charge in [-0.1, -0.05) is 18.2 Å². The second-order valence-electron chi connectivity index (χ2n) is 9.38. The number of hydrogen-bond acceptors (Lipinski definition) is 5. The third kappa shape index (κ3) is 5.94. The van der Waals surface area contributed by atoms with E-state index >= 15 is 0 Å². The van der Waals surface area contributed by atoms with Gasteiger partial charge in [-0.25, -0.2) is 0 Å². The fourth-order valence-corrected chi connectivity index (χ4v) is 4.58. The number of carboxylic acids is 1. The first-order valence-corrected chi connectivity index (χ1v) is 11.6. The SMILES string of the molecule is Cc1cc(C(C)(CN(C)CC(=O)O)C(=O)N2CCCC2)ccc1CNc1ccc(C(=N)N)cc1. The highest BCUT2D eigenvalue weighted by atomic mass is 16.4. The summed E-state index contributed by atoms with van der Waals surface area (Å²) in [5.41, 5.74) is 9.35. The van der Waals surface area contributed by atoms with E-state index in [0.717, 1.165) is 48.3 Å². The summed E-state index contributed by atoms with van der Waals surface area (Å²) in [5.74, 6) is -0.816. The summed E-state index contributed by atoms with van der Waals surface area (Å²) in [6.07, 6.45) is 2.01. The summed E-state index contributed by atoms with van der Waals surface area (Å²) in [5, 5.41) is 20.1. The van der Waals surface area contributed by atoms with Gasteiger partial charge in [-0.2, -0.15) is 0 Å². The predicted octanol–water partition coefficient (Wildman–Crippen LogP) is 2.79. The molecule has 1 unspecified atom stereocenters. The molecule has 0 spiro atoms. The van der Waals surface area contributed by atoms with E-state index in [2.05, 4.69) is 11.4 Å².